The fraction of sp³-hybridized carbons (Fsp3) is 0.588. The van der Waals surface area contributed by atoms with Crippen LogP contribution in [0.25, 0.3) is 0 Å². The summed E-state index contributed by atoms with van der Waals surface area (Å²) in [5.41, 5.74) is 1.79. The van der Waals surface area contributed by atoms with E-state index in [-0.39, 0.29) is 5.91 Å². The molecule has 116 valence electrons. The Morgan fingerprint density at radius 2 is 2.00 bits per heavy atom. The number of anilines is 1. The van der Waals surface area contributed by atoms with Crippen LogP contribution < -0.4 is 5.32 Å². The topological polar surface area (TPSA) is 41.6 Å². The van der Waals surface area contributed by atoms with E-state index in [0.717, 1.165) is 56.9 Å². The second kappa shape index (κ2) is 8.03. The Kier molecular flexibility index (Phi) is 6.05. The predicted octanol–water partition coefficient (Wildman–Crippen LogP) is 3.01. The SMILES string of the molecule is CCN(CC)C(=O)c1cccc(NCC2CCOCC2)c1. The Labute approximate surface area is 127 Å². The van der Waals surface area contributed by atoms with Gasteiger partial charge in [-0.25, -0.2) is 0 Å². The molecular formula is C17H26N2O2. The van der Waals surface area contributed by atoms with Crippen LogP contribution in [-0.2, 0) is 4.74 Å². The van der Waals surface area contributed by atoms with Gasteiger partial charge in [-0.2, -0.15) is 0 Å². The zero-order chi connectivity index (χ0) is 15.1. The lowest BCUT2D eigenvalue weighted by atomic mass is 10.0. The van der Waals surface area contributed by atoms with Crippen LogP contribution in [0.1, 0.15) is 37.0 Å². The second-order valence-electron chi connectivity index (χ2n) is 5.49. The van der Waals surface area contributed by atoms with Crippen LogP contribution in [0.3, 0.4) is 0 Å². The number of benzene rings is 1. The molecule has 1 N–H and O–H groups in total. The molecule has 0 aliphatic carbocycles. The summed E-state index contributed by atoms with van der Waals surface area (Å²) in [5, 5.41) is 3.46. The number of nitrogens with one attached hydrogen (secondary N) is 1. The Hall–Kier alpha value is -1.55. The summed E-state index contributed by atoms with van der Waals surface area (Å²) in [6, 6.07) is 7.82. The van der Waals surface area contributed by atoms with Gasteiger partial charge in [0.05, 0.1) is 0 Å². The number of hydrogen-bond donors (Lipinski definition) is 1. The van der Waals surface area contributed by atoms with Crippen molar-refractivity contribution in [2.45, 2.75) is 26.7 Å². The summed E-state index contributed by atoms with van der Waals surface area (Å²) in [7, 11) is 0. The Morgan fingerprint density at radius 1 is 1.29 bits per heavy atom. The molecule has 21 heavy (non-hydrogen) atoms. The van der Waals surface area contributed by atoms with E-state index < -0.39 is 0 Å². The first kappa shape index (κ1) is 15.8. The minimum absolute atomic E-state index is 0.106. The quantitative estimate of drug-likeness (QED) is 0.875. The van der Waals surface area contributed by atoms with Gasteiger partial charge in [0.1, 0.15) is 0 Å². The summed E-state index contributed by atoms with van der Waals surface area (Å²) >= 11 is 0. The molecule has 2 rings (SSSR count). The highest BCUT2D eigenvalue weighted by molar-refractivity contribution is 5.95. The fourth-order valence-electron chi connectivity index (χ4n) is 2.67. The molecule has 0 spiro atoms. The summed E-state index contributed by atoms with van der Waals surface area (Å²) in [5.74, 6) is 0.774. The van der Waals surface area contributed by atoms with Crippen LogP contribution in [0.4, 0.5) is 5.69 Å². The van der Waals surface area contributed by atoms with Crippen molar-refractivity contribution in [1.29, 1.82) is 0 Å². The normalized spacial score (nSPS) is 15.7. The van der Waals surface area contributed by atoms with E-state index >= 15 is 0 Å². The predicted molar refractivity (Wildman–Crippen MR) is 85.7 cm³/mol. The standard InChI is InChI=1S/C17H26N2O2/c1-3-19(4-2)17(20)15-6-5-7-16(12-15)18-13-14-8-10-21-11-9-14/h5-7,12,14,18H,3-4,8-11,13H2,1-2H3. The van der Waals surface area contributed by atoms with E-state index in [9.17, 15) is 4.79 Å². The Balaban J connectivity index is 1.95. The second-order valence-corrected chi connectivity index (χ2v) is 5.49. The maximum Gasteiger partial charge on any atom is 0.253 e. The number of amides is 1. The van der Waals surface area contributed by atoms with Gasteiger partial charge < -0.3 is 15.0 Å². The Morgan fingerprint density at radius 3 is 2.67 bits per heavy atom. The van der Waals surface area contributed by atoms with Crippen molar-refractivity contribution in [3.05, 3.63) is 29.8 Å². The zero-order valence-electron chi connectivity index (χ0n) is 13.1. The van der Waals surface area contributed by atoms with Crippen molar-refractivity contribution in [2.75, 3.05) is 38.2 Å². The average Bonchev–Trinajstić information content (AvgIpc) is 2.55. The molecule has 0 unspecified atom stereocenters. The van der Waals surface area contributed by atoms with Crippen LogP contribution >= 0.6 is 0 Å². The van der Waals surface area contributed by atoms with E-state index in [0.29, 0.717) is 5.92 Å². The highest BCUT2D eigenvalue weighted by Crippen LogP contribution is 2.17. The first-order valence-electron chi connectivity index (χ1n) is 7.95. The van der Waals surface area contributed by atoms with Gasteiger partial charge in [0.15, 0.2) is 0 Å². The molecule has 4 heteroatoms. The van der Waals surface area contributed by atoms with E-state index in [1.165, 1.54) is 0 Å². The molecule has 1 amide bonds. The third-order valence-corrected chi connectivity index (χ3v) is 4.10. The average molecular weight is 290 g/mol. The number of carbonyl (C=O) groups is 1. The molecule has 0 radical (unpaired) electrons. The maximum atomic E-state index is 12.3. The summed E-state index contributed by atoms with van der Waals surface area (Å²) < 4.78 is 5.38. The third-order valence-electron chi connectivity index (χ3n) is 4.10. The van der Waals surface area contributed by atoms with E-state index in [1.54, 1.807) is 0 Å². The number of rotatable bonds is 6. The smallest absolute Gasteiger partial charge is 0.253 e. The highest BCUT2D eigenvalue weighted by atomic mass is 16.5. The van der Waals surface area contributed by atoms with Crippen LogP contribution in [0, 0.1) is 5.92 Å². The summed E-state index contributed by atoms with van der Waals surface area (Å²) in [6.07, 6.45) is 2.23. The monoisotopic (exact) mass is 290 g/mol. The van der Waals surface area contributed by atoms with Crippen molar-refractivity contribution in [3.63, 3.8) is 0 Å². The third kappa shape index (κ3) is 4.46. The first-order chi connectivity index (χ1) is 10.2. The van der Waals surface area contributed by atoms with Crippen molar-refractivity contribution in [3.8, 4) is 0 Å². The first-order valence-corrected chi connectivity index (χ1v) is 7.95. The number of ether oxygens (including phenoxy) is 1. The molecule has 4 nitrogen and oxygen atoms in total. The molecule has 0 aromatic heterocycles. The minimum Gasteiger partial charge on any atom is -0.385 e. The van der Waals surface area contributed by atoms with Crippen molar-refractivity contribution in [1.82, 2.24) is 4.90 Å². The minimum atomic E-state index is 0.106. The van der Waals surface area contributed by atoms with Crippen LogP contribution in [-0.4, -0.2) is 43.7 Å². The molecule has 1 heterocycles. The van der Waals surface area contributed by atoms with Crippen molar-refractivity contribution in [2.24, 2.45) is 5.92 Å². The summed E-state index contributed by atoms with van der Waals surface area (Å²) in [4.78, 5) is 14.2. The fourth-order valence-corrected chi connectivity index (χ4v) is 2.67. The van der Waals surface area contributed by atoms with Gasteiger partial charge in [0, 0.05) is 44.1 Å². The maximum absolute atomic E-state index is 12.3. The molecule has 1 aliphatic heterocycles. The Bertz CT molecular complexity index is 452. The van der Waals surface area contributed by atoms with E-state index in [2.05, 4.69) is 5.32 Å². The molecule has 1 saturated heterocycles. The van der Waals surface area contributed by atoms with Gasteiger partial charge in [-0.1, -0.05) is 6.07 Å². The molecule has 1 fully saturated rings. The molecule has 1 aliphatic rings. The highest BCUT2D eigenvalue weighted by Gasteiger charge is 2.15. The van der Waals surface area contributed by atoms with Crippen molar-refractivity contribution < 1.29 is 9.53 Å². The van der Waals surface area contributed by atoms with Gasteiger partial charge >= 0.3 is 0 Å². The lowest BCUT2D eigenvalue weighted by Crippen LogP contribution is -2.30. The molecule has 0 atom stereocenters. The molecule has 1 aromatic carbocycles. The van der Waals surface area contributed by atoms with Gasteiger partial charge in [-0.05, 0) is 50.8 Å². The molecule has 0 bridgehead atoms. The van der Waals surface area contributed by atoms with Crippen LogP contribution in [0.2, 0.25) is 0 Å². The number of nitrogens with zero attached hydrogens (tertiary/aromatic N) is 1. The number of carbonyl (C=O) groups excluding carboxylic acids is 1. The van der Waals surface area contributed by atoms with Gasteiger partial charge in [-0.15, -0.1) is 0 Å². The zero-order valence-corrected chi connectivity index (χ0v) is 13.1. The molecule has 1 aromatic rings. The van der Waals surface area contributed by atoms with Crippen molar-refractivity contribution >= 4 is 11.6 Å². The molecule has 0 saturated carbocycles. The lowest BCUT2D eigenvalue weighted by molar-refractivity contribution is 0.0699. The molecular weight excluding hydrogens is 264 g/mol. The van der Waals surface area contributed by atoms with Crippen LogP contribution in [0.15, 0.2) is 24.3 Å². The van der Waals surface area contributed by atoms with Gasteiger partial charge in [0.2, 0.25) is 0 Å². The van der Waals surface area contributed by atoms with Crippen LogP contribution in [0.5, 0.6) is 0 Å². The lowest BCUT2D eigenvalue weighted by Gasteiger charge is -2.23. The van der Waals surface area contributed by atoms with E-state index in [1.807, 2.05) is 43.0 Å². The summed E-state index contributed by atoms with van der Waals surface area (Å²) in [6.45, 7) is 8.19. The van der Waals surface area contributed by atoms with Gasteiger partial charge in [0.25, 0.3) is 5.91 Å². The largest absolute Gasteiger partial charge is 0.385 e. The van der Waals surface area contributed by atoms with Gasteiger partial charge in [-0.3, -0.25) is 4.79 Å². The van der Waals surface area contributed by atoms with E-state index in [4.69, 9.17) is 4.74 Å². The number of hydrogen-bond acceptors (Lipinski definition) is 3.